The quantitative estimate of drug-likeness (QED) is 0.504. The van der Waals surface area contributed by atoms with E-state index in [4.69, 9.17) is 4.74 Å². The largest absolute Gasteiger partial charge is 0.462 e. The SMILES string of the molecule is CCCOC(=O)c1ccc(C)c(-c2ccc(CC(=O)Cc3snnc3C)cc2)c1. The number of esters is 1. The lowest BCUT2D eigenvalue weighted by atomic mass is 9.96. The van der Waals surface area contributed by atoms with Gasteiger partial charge in [0, 0.05) is 12.8 Å². The van der Waals surface area contributed by atoms with Gasteiger partial charge in [0.2, 0.25) is 0 Å². The maximum absolute atomic E-state index is 12.3. The lowest BCUT2D eigenvalue weighted by Gasteiger charge is -2.10. The first-order valence-corrected chi connectivity index (χ1v) is 10.4. The summed E-state index contributed by atoms with van der Waals surface area (Å²) in [5.41, 5.74) is 5.41. The summed E-state index contributed by atoms with van der Waals surface area (Å²) in [6, 6.07) is 13.5. The Kier molecular flexibility index (Phi) is 6.88. The highest BCUT2D eigenvalue weighted by atomic mass is 32.1. The lowest BCUT2D eigenvalue weighted by molar-refractivity contribution is -0.117. The average Bonchev–Trinajstić information content (AvgIpc) is 3.11. The summed E-state index contributed by atoms with van der Waals surface area (Å²) >= 11 is 1.28. The fraction of sp³-hybridized carbons (Fsp3) is 0.304. The summed E-state index contributed by atoms with van der Waals surface area (Å²) < 4.78 is 9.12. The second-order valence-electron chi connectivity index (χ2n) is 7.04. The Morgan fingerprint density at radius 3 is 2.45 bits per heavy atom. The van der Waals surface area contributed by atoms with Crippen molar-refractivity contribution < 1.29 is 14.3 Å². The average molecular weight is 409 g/mol. The number of hydrogen-bond donors (Lipinski definition) is 0. The van der Waals surface area contributed by atoms with Gasteiger partial charge in [-0.1, -0.05) is 41.7 Å². The molecule has 5 nitrogen and oxygen atoms in total. The van der Waals surface area contributed by atoms with Gasteiger partial charge < -0.3 is 4.74 Å². The molecule has 0 amide bonds. The number of Topliss-reactive ketones (excluding diaryl/α,β-unsaturated/α-hetero) is 1. The molecule has 29 heavy (non-hydrogen) atoms. The Bertz CT molecular complexity index is 1010. The molecule has 1 heterocycles. The molecule has 3 aromatic rings. The first-order chi connectivity index (χ1) is 14.0. The van der Waals surface area contributed by atoms with Crippen LogP contribution in [0.5, 0.6) is 0 Å². The van der Waals surface area contributed by atoms with Crippen molar-refractivity contribution in [1.29, 1.82) is 0 Å². The summed E-state index contributed by atoms with van der Waals surface area (Å²) in [6.07, 6.45) is 1.54. The van der Waals surface area contributed by atoms with Crippen molar-refractivity contribution in [3.63, 3.8) is 0 Å². The van der Waals surface area contributed by atoms with Gasteiger partial charge in [0.25, 0.3) is 0 Å². The predicted octanol–water partition coefficient (Wildman–Crippen LogP) is 4.74. The fourth-order valence-corrected chi connectivity index (χ4v) is 3.68. The van der Waals surface area contributed by atoms with Crippen LogP contribution >= 0.6 is 11.5 Å². The van der Waals surface area contributed by atoms with Crippen LogP contribution in [0.4, 0.5) is 0 Å². The van der Waals surface area contributed by atoms with Crippen LogP contribution in [-0.4, -0.2) is 27.9 Å². The van der Waals surface area contributed by atoms with Crippen LogP contribution in [0.2, 0.25) is 0 Å². The molecule has 150 valence electrons. The topological polar surface area (TPSA) is 69.2 Å². The molecule has 6 heteroatoms. The van der Waals surface area contributed by atoms with Gasteiger partial charge in [0.05, 0.1) is 22.7 Å². The van der Waals surface area contributed by atoms with Crippen molar-refractivity contribution in [3.05, 3.63) is 69.7 Å². The Balaban J connectivity index is 1.72. The van der Waals surface area contributed by atoms with Gasteiger partial charge in [0.15, 0.2) is 0 Å². The van der Waals surface area contributed by atoms with Crippen molar-refractivity contribution in [2.75, 3.05) is 6.61 Å². The molecule has 0 saturated carbocycles. The van der Waals surface area contributed by atoms with E-state index < -0.39 is 0 Å². The van der Waals surface area contributed by atoms with E-state index >= 15 is 0 Å². The molecule has 3 rings (SSSR count). The van der Waals surface area contributed by atoms with Gasteiger partial charge in [-0.3, -0.25) is 4.79 Å². The van der Waals surface area contributed by atoms with E-state index in [0.29, 0.717) is 25.0 Å². The van der Waals surface area contributed by atoms with E-state index in [-0.39, 0.29) is 11.8 Å². The molecule has 0 unspecified atom stereocenters. The highest BCUT2D eigenvalue weighted by Gasteiger charge is 2.12. The van der Waals surface area contributed by atoms with Gasteiger partial charge in [-0.15, -0.1) is 5.10 Å². The van der Waals surface area contributed by atoms with Crippen LogP contribution in [0.3, 0.4) is 0 Å². The molecule has 0 atom stereocenters. The minimum Gasteiger partial charge on any atom is -0.462 e. The number of rotatable bonds is 8. The Morgan fingerprint density at radius 1 is 1.03 bits per heavy atom. The first kappa shape index (κ1) is 20.9. The summed E-state index contributed by atoms with van der Waals surface area (Å²) in [7, 11) is 0. The smallest absolute Gasteiger partial charge is 0.338 e. The molecule has 0 aliphatic heterocycles. The maximum atomic E-state index is 12.3. The van der Waals surface area contributed by atoms with Crippen LogP contribution in [0.1, 0.15) is 45.4 Å². The van der Waals surface area contributed by atoms with Crippen molar-refractivity contribution in [2.24, 2.45) is 0 Å². The molecule has 0 radical (unpaired) electrons. The molecule has 0 aliphatic carbocycles. The zero-order valence-corrected chi connectivity index (χ0v) is 17.7. The van der Waals surface area contributed by atoms with Crippen LogP contribution in [0.15, 0.2) is 42.5 Å². The molecule has 1 aromatic heterocycles. The van der Waals surface area contributed by atoms with E-state index in [9.17, 15) is 9.59 Å². The molecule has 0 N–H and O–H groups in total. The zero-order chi connectivity index (χ0) is 20.8. The van der Waals surface area contributed by atoms with Crippen LogP contribution in [0, 0.1) is 13.8 Å². The first-order valence-electron chi connectivity index (χ1n) is 9.64. The molecular formula is C23H24N2O3S. The number of ketones is 1. The molecule has 0 fully saturated rings. The fourth-order valence-electron chi connectivity index (χ4n) is 3.02. The number of aryl methyl sites for hydroxylation is 2. The number of hydrogen-bond acceptors (Lipinski definition) is 6. The summed E-state index contributed by atoms with van der Waals surface area (Å²) in [4.78, 5) is 25.4. The van der Waals surface area contributed by atoms with Crippen molar-refractivity contribution in [2.45, 2.75) is 40.0 Å². The van der Waals surface area contributed by atoms with Gasteiger partial charge in [-0.2, -0.15) is 0 Å². The number of carbonyl (C=O) groups excluding carboxylic acids is 2. The molecule has 2 aromatic carbocycles. The van der Waals surface area contributed by atoms with E-state index in [1.165, 1.54) is 11.5 Å². The number of nitrogens with zero attached hydrogens (tertiary/aromatic N) is 2. The van der Waals surface area contributed by atoms with E-state index in [1.807, 2.05) is 57.2 Å². The second kappa shape index (κ2) is 9.56. The van der Waals surface area contributed by atoms with Crippen LogP contribution in [-0.2, 0) is 22.4 Å². The minimum atomic E-state index is -0.303. The second-order valence-corrected chi connectivity index (χ2v) is 7.87. The molecule has 0 spiro atoms. The third-order valence-corrected chi connectivity index (χ3v) is 5.50. The van der Waals surface area contributed by atoms with Gasteiger partial charge >= 0.3 is 5.97 Å². The van der Waals surface area contributed by atoms with Gasteiger partial charge in [0.1, 0.15) is 5.78 Å². The molecule has 0 bridgehead atoms. The highest BCUT2D eigenvalue weighted by Crippen LogP contribution is 2.26. The van der Waals surface area contributed by atoms with E-state index in [1.54, 1.807) is 6.07 Å². The van der Waals surface area contributed by atoms with Crippen molar-refractivity contribution in [1.82, 2.24) is 9.59 Å². The monoisotopic (exact) mass is 408 g/mol. The maximum Gasteiger partial charge on any atom is 0.338 e. The Labute approximate surface area is 174 Å². The molecule has 0 aliphatic rings. The number of benzene rings is 2. The van der Waals surface area contributed by atoms with E-state index in [0.717, 1.165) is 39.2 Å². The van der Waals surface area contributed by atoms with Gasteiger partial charge in [-0.05, 0) is 66.2 Å². The van der Waals surface area contributed by atoms with Crippen molar-refractivity contribution >= 4 is 23.3 Å². The molecule has 0 saturated heterocycles. The number of ether oxygens (including phenoxy) is 1. The lowest BCUT2D eigenvalue weighted by Crippen LogP contribution is -2.07. The predicted molar refractivity (Wildman–Crippen MR) is 114 cm³/mol. The standard InChI is InChI=1S/C23H24N2O3S/c1-4-11-28-23(27)19-8-5-15(2)21(13-19)18-9-6-17(7-10-18)12-20(26)14-22-16(3)24-25-29-22/h5-10,13H,4,11-12,14H2,1-3H3. The third kappa shape index (κ3) is 5.35. The Morgan fingerprint density at radius 2 is 1.79 bits per heavy atom. The number of carbonyl (C=O) groups is 2. The van der Waals surface area contributed by atoms with Crippen LogP contribution in [0.25, 0.3) is 11.1 Å². The summed E-state index contributed by atoms with van der Waals surface area (Å²) in [5.74, 6) is -0.160. The summed E-state index contributed by atoms with van der Waals surface area (Å²) in [5, 5.41) is 3.95. The number of aromatic nitrogens is 2. The Hall–Kier alpha value is -2.86. The third-order valence-electron chi connectivity index (χ3n) is 4.68. The van der Waals surface area contributed by atoms with Crippen molar-refractivity contribution in [3.8, 4) is 11.1 Å². The normalized spacial score (nSPS) is 10.7. The highest BCUT2D eigenvalue weighted by molar-refractivity contribution is 7.05. The minimum absolute atomic E-state index is 0.142. The van der Waals surface area contributed by atoms with Gasteiger partial charge in [-0.25, -0.2) is 4.79 Å². The van der Waals surface area contributed by atoms with E-state index in [2.05, 4.69) is 9.59 Å². The van der Waals surface area contributed by atoms with Crippen LogP contribution < -0.4 is 0 Å². The zero-order valence-electron chi connectivity index (χ0n) is 16.9. The summed E-state index contributed by atoms with van der Waals surface area (Å²) in [6.45, 7) is 6.27. The molecular weight excluding hydrogens is 384 g/mol.